The summed E-state index contributed by atoms with van der Waals surface area (Å²) in [5.41, 5.74) is 0.440. The fourth-order valence-corrected chi connectivity index (χ4v) is 3.84. The molecule has 3 unspecified atom stereocenters. The molecular formula is C15H16ClFO. The van der Waals surface area contributed by atoms with Crippen molar-refractivity contribution in [3.8, 4) is 0 Å². The molecule has 0 heterocycles. The first-order valence-corrected chi connectivity index (χ1v) is 6.98. The Morgan fingerprint density at radius 1 is 1.33 bits per heavy atom. The Morgan fingerprint density at radius 3 is 2.83 bits per heavy atom. The minimum atomic E-state index is -0.435. The number of Topliss-reactive ketones (excluding diaryl/α,β-unsaturated/α-hetero) is 1. The molecule has 3 atom stereocenters. The molecule has 0 aromatic heterocycles. The summed E-state index contributed by atoms with van der Waals surface area (Å²) in [6.07, 6.45) is 4.87. The predicted molar refractivity (Wildman–Crippen MR) is 69.1 cm³/mol. The molecule has 3 heteroatoms. The molecular weight excluding hydrogens is 251 g/mol. The highest BCUT2D eigenvalue weighted by Gasteiger charge is 2.42. The van der Waals surface area contributed by atoms with Crippen LogP contribution in [0, 0.1) is 23.6 Å². The summed E-state index contributed by atoms with van der Waals surface area (Å²) in [5.74, 6) is 1.24. The van der Waals surface area contributed by atoms with Crippen molar-refractivity contribution in [1.82, 2.24) is 0 Å². The molecule has 0 spiro atoms. The lowest BCUT2D eigenvalue weighted by atomic mass is 9.83. The average molecular weight is 267 g/mol. The number of hydrogen-bond donors (Lipinski definition) is 0. The molecule has 3 rings (SSSR count). The Morgan fingerprint density at radius 2 is 2.17 bits per heavy atom. The lowest BCUT2D eigenvalue weighted by Gasteiger charge is -2.20. The van der Waals surface area contributed by atoms with E-state index in [1.807, 2.05) is 0 Å². The van der Waals surface area contributed by atoms with Crippen molar-refractivity contribution < 1.29 is 9.18 Å². The van der Waals surface area contributed by atoms with Crippen molar-refractivity contribution in [3.63, 3.8) is 0 Å². The van der Waals surface area contributed by atoms with E-state index in [1.165, 1.54) is 25.3 Å². The SMILES string of the molecule is O=C(Cc1cccc(Cl)c1F)C1CC2CCC1C2. The van der Waals surface area contributed by atoms with E-state index in [-0.39, 0.29) is 23.1 Å². The minimum Gasteiger partial charge on any atom is -0.299 e. The molecule has 1 aromatic carbocycles. The van der Waals surface area contributed by atoms with E-state index in [0.29, 0.717) is 11.5 Å². The van der Waals surface area contributed by atoms with Crippen molar-refractivity contribution in [2.45, 2.75) is 32.1 Å². The zero-order valence-corrected chi connectivity index (χ0v) is 10.9. The van der Waals surface area contributed by atoms with Crippen LogP contribution < -0.4 is 0 Å². The van der Waals surface area contributed by atoms with E-state index in [4.69, 9.17) is 11.6 Å². The fourth-order valence-electron chi connectivity index (χ4n) is 3.64. The lowest BCUT2D eigenvalue weighted by molar-refractivity contribution is -0.123. The summed E-state index contributed by atoms with van der Waals surface area (Å²) < 4.78 is 13.8. The molecule has 96 valence electrons. The van der Waals surface area contributed by atoms with E-state index in [9.17, 15) is 9.18 Å². The van der Waals surface area contributed by atoms with Crippen LogP contribution in [0.3, 0.4) is 0 Å². The third-order valence-corrected chi connectivity index (χ3v) is 4.84. The first-order valence-electron chi connectivity index (χ1n) is 6.60. The van der Waals surface area contributed by atoms with Gasteiger partial charge in [-0.1, -0.05) is 30.2 Å². The highest BCUT2D eigenvalue weighted by Crippen LogP contribution is 2.48. The standard InChI is InChI=1S/C15H16ClFO/c16-13-3-1-2-11(15(13)17)8-14(18)12-7-9-4-5-10(12)6-9/h1-3,9-10,12H,4-8H2. The summed E-state index contributed by atoms with van der Waals surface area (Å²) in [6, 6.07) is 4.88. The Bertz CT molecular complexity index is 485. The highest BCUT2D eigenvalue weighted by atomic mass is 35.5. The van der Waals surface area contributed by atoms with Gasteiger partial charge in [0.1, 0.15) is 11.6 Å². The molecule has 2 fully saturated rings. The number of carbonyl (C=O) groups is 1. The number of benzene rings is 1. The predicted octanol–water partition coefficient (Wildman–Crippen LogP) is 4.03. The van der Waals surface area contributed by atoms with Crippen LogP contribution in [-0.2, 0) is 11.2 Å². The molecule has 2 saturated carbocycles. The topological polar surface area (TPSA) is 17.1 Å². The van der Waals surface area contributed by atoms with Gasteiger partial charge in [0.25, 0.3) is 0 Å². The Labute approximate surface area is 111 Å². The van der Waals surface area contributed by atoms with Crippen LogP contribution in [-0.4, -0.2) is 5.78 Å². The van der Waals surface area contributed by atoms with E-state index in [1.54, 1.807) is 12.1 Å². The molecule has 2 aliphatic carbocycles. The van der Waals surface area contributed by atoms with Gasteiger partial charge in [-0.15, -0.1) is 0 Å². The monoisotopic (exact) mass is 266 g/mol. The number of carbonyl (C=O) groups excluding carboxylic acids is 1. The number of hydrogen-bond acceptors (Lipinski definition) is 1. The summed E-state index contributed by atoms with van der Waals surface area (Å²) in [5, 5.41) is 0.105. The first-order chi connectivity index (χ1) is 8.65. The van der Waals surface area contributed by atoms with Crippen LogP contribution in [0.2, 0.25) is 5.02 Å². The minimum absolute atomic E-state index is 0.105. The zero-order valence-electron chi connectivity index (χ0n) is 10.2. The highest BCUT2D eigenvalue weighted by molar-refractivity contribution is 6.30. The molecule has 0 N–H and O–H groups in total. The third-order valence-electron chi connectivity index (χ3n) is 4.55. The number of rotatable bonds is 3. The number of fused-ring (bicyclic) bond motifs is 2. The van der Waals surface area contributed by atoms with Gasteiger partial charge in [0.05, 0.1) is 5.02 Å². The average Bonchev–Trinajstić information content (AvgIpc) is 2.97. The molecule has 0 saturated heterocycles. The van der Waals surface area contributed by atoms with Crippen LogP contribution >= 0.6 is 11.6 Å². The van der Waals surface area contributed by atoms with E-state index < -0.39 is 5.82 Å². The molecule has 2 bridgehead atoms. The molecule has 1 aromatic rings. The van der Waals surface area contributed by atoms with Crippen molar-refractivity contribution in [1.29, 1.82) is 0 Å². The van der Waals surface area contributed by atoms with Crippen LogP contribution in [0.1, 0.15) is 31.2 Å². The van der Waals surface area contributed by atoms with Gasteiger partial charge in [0.2, 0.25) is 0 Å². The van der Waals surface area contributed by atoms with Crippen molar-refractivity contribution >= 4 is 17.4 Å². The zero-order chi connectivity index (χ0) is 12.7. The summed E-state index contributed by atoms with van der Waals surface area (Å²) >= 11 is 5.73. The van der Waals surface area contributed by atoms with Gasteiger partial charge in [-0.2, -0.15) is 0 Å². The summed E-state index contributed by atoms with van der Waals surface area (Å²) in [7, 11) is 0. The lowest BCUT2D eigenvalue weighted by Crippen LogP contribution is -2.22. The van der Waals surface area contributed by atoms with Crippen molar-refractivity contribution in [2.24, 2.45) is 17.8 Å². The quantitative estimate of drug-likeness (QED) is 0.807. The van der Waals surface area contributed by atoms with E-state index >= 15 is 0 Å². The smallest absolute Gasteiger partial charge is 0.145 e. The maximum absolute atomic E-state index is 13.8. The van der Waals surface area contributed by atoms with Crippen molar-refractivity contribution in [3.05, 3.63) is 34.6 Å². The molecule has 2 aliphatic rings. The Balaban J connectivity index is 1.73. The van der Waals surface area contributed by atoms with Crippen LogP contribution in [0.15, 0.2) is 18.2 Å². The van der Waals surface area contributed by atoms with Crippen LogP contribution in [0.5, 0.6) is 0 Å². The maximum atomic E-state index is 13.8. The second-order valence-corrected chi connectivity index (χ2v) is 6.04. The molecule has 18 heavy (non-hydrogen) atoms. The van der Waals surface area contributed by atoms with E-state index in [0.717, 1.165) is 12.3 Å². The van der Waals surface area contributed by atoms with Gasteiger partial charge in [0, 0.05) is 12.3 Å². The van der Waals surface area contributed by atoms with Gasteiger partial charge in [0.15, 0.2) is 0 Å². The second-order valence-electron chi connectivity index (χ2n) is 5.64. The molecule has 1 nitrogen and oxygen atoms in total. The molecule has 0 radical (unpaired) electrons. The summed E-state index contributed by atoms with van der Waals surface area (Å²) in [4.78, 5) is 12.3. The Kier molecular flexibility index (Phi) is 3.14. The van der Waals surface area contributed by atoms with Crippen molar-refractivity contribution in [2.75, 3.05) is 0 Å². The molecule has 0 aliphatic heterocycles. The Hall–Kier alpha value is -0.890. The van der Waals surface area contributed by atoms with Gasteiger partial charge in [-0.3, -0.25) is 4.79 Å². The number of halogens is 2. The fraction of sp³-hybridized carbons (Fsp3) is 0.533. The van der Waals surface area contributed by atoms with Gasteiger partial charge in [-0.25, -0.2) is 4.39 Å². The van der Waals surface area contributed by atoms with Gasteiger partial charge in [-0.05, 0) is 42.7 Å². The maximum Gasteiger partial charge on any atom is 0.145 e. The molecule has 0 amide bonds. The van der Waals surface area contributed by atoms with Crippen LogP contribution in [0.4, 0.5) is 4.39 Å². The van der Waals surface area contributed by atoms with Gasteiger partial charge < -0.3 is 0 Å². The third kappa shape index (κ3) is 2.07. The largest absolute Gasteiger partial charge is 0.299 e. The second kappa shape index (κ2) is 4.65. The first kappa shape index (κ1) is 12.2. The van der Waals surface area contributed by atoms with E-state index in [2.05, 4.69) is 0 Å². The number of ketones is 1. The normalized spacial score (nSPS) is 29.8. The van der Waals surface area contributed by atoms with Crippen LogP contribution in [0.25, 0.3) is 0 Å². The van der Waals surface area contributed by atoms with Gasteiger partial charge >= 0.3 is 0 Å². The summed E-state index contributed by atoms with van der Waals surface area (Å²) in [6.45, 7) is 0.